The SMILES string of the molecule is Cc1ccc(C(=O)NC2CC2)cc1-c1ccc(N2CCNCC2=O)nc1. The Labute approximate surface area is 152 Å². The number of amides is 2. The molecule has 1 aromatic carbocycles. The molecular weight excluding hydrogens is 328 g/mol. The Hall–Kier alpha value is -2.73. The third-order valence-electron chi connectivity index (χ3n) is 4.84. The number of aromatic nitrogens is 1. The fourth-order valence-corrected chi connectivity index (χ4v) is 3.12. The monoisotopic (exact) mass is 350 g/mol. The summed E-state index contributed by atoms with van der Waals surface area (Å²) in [7, 11) is 0. The molecule has 2 amide bonds. The van der Waals surface area contributed by atoms with E-state index in [2.05, 4.69) is 15.6 Å². The van der Waals surface area contributed by atoms with Gasteiger partial charge in [-0.1, -0.05) is 6.07 Å². The molecule has 4 rings (SSSR count). The fraction of sp³-hybridized carbons (Fsp3) is 0.350. The minimum absolute atomic E-state index is 0.0234. The first-order valence-corrected chi connectivity index (χ1v) is 9.01. The average molecular weight is 350 g/mol. The van der Waals surface area contributed by atoms with Crippen LogP contribution in [0.1, 0.15) is 28.8 Å². The minimum atomic E-state index is -0.0234. The summed E-state index contributed by atoms with van der Waals surface area (Å²) in [5.41, 5.74) is 3.67. The van der Waals surface area contributed by atoms with E-state index in [-0.39, 0.29) is 11.8 Å². The van der Waals surface area contributed by atoms with Crippen molar-refractivity contribution in [2.24, 2.45) is 0 Å². The number of carbonyl (C=O) groups is 2. The van der Waals surface area contributed by atoms with Crippen LogP contribution in [0.3, 0.4) is 0 Å². The zero-order chi connectivity index (χ0) is 18.1. The van der Waals surface area contributed by atoms with Crippen molar-refractivity contribution in [2.45, 2.75) is 25.8 Å². The maximum atomic E-state index is 12.3. The smallest absolute Gasteiger partial charge is 0.251 e. The van der Waals surface area contributed by atoms with E-state index in [1.54, 1.807) is 11.1 Å². The van der Waals surface area contributed by atoms with Crippen molar-refractivity contribution in [3.05, 3.63) is 47.7 Å². The van der Waals surface area contributed by atoms with Crippen molar-refractivity contribution in [2.75, 3.05) is 24.5 Å². The van der Waals surface area contributed by atoms with Crippen LogP contribution >= 0.6 is 0 Å². The Balaban J connectivity index is 1.58. The van der Waals surface area contributed by atoms with Crippen molar-refractivity contribution in [1.82, 2.24) is 15.6 Å². The summed E-state index contributed by atoms with van der Waals surface area (Å²) in [6, 6.07) is 9.91. The number of benzene rings is 1. The van der Waals surface area contributed by atoms with Gasteiger partial charge in [-0.05, 0) is 55.2 Å². The maximum absolute atomic E-state index is 12.3. The third kappa shape index (κ3) is 3.46. The molecule has 26 heavy (non-hydrogen) atoms. The summed E-state index contributed by atoms with van der Waals surface area (Å²) in [5.74, 6) is 0.678. The molecule has 1 aliphatic heterocycles. The predicted octanol–water partition coefficient (Wildman–Crippen LogP) is 1.89. The van der Waals surface area contributed by atoms with Crippen LogP contribution in [0.25, 0.3) is 11.1 Å². The molecular formula is C20H22N4O2. The average Bonchev–Trinajstić information content (AvgIpc) is 3.47. The van der Waals surface area contributed by atoms with Crippen LogP contribution in [0.15, 0.2) is 36.5 Å². The highest BCUT2D eigenvalue weighted by atomic mass is 16.2. The first-order chi connectivity index (χ1) is 12.6. The lowest BCUT2D eigenvalue weighted by Gasteiger charge is -2.26. The van der Waals surface area contributed by atoms with Crippen LogP contribution in [0.2, 0.25) is 0 Å². The molecule has 0 bridgehead atoms. The lowest BCUT2D eigenvalue weighted by Crippen LogP contribution is -2.48. The van der Waals surface area contributed by atoms with Crippen LogP contribution in [0.4, 0.5) is 5.82 Å². The van der Waals surface area contributed by atoms with Gasteiger partial charge in [0.2, 0.25) is 5.91 Å². The number of rotatable bonds is 4. The van der Waals surface area contributed by atoms with Crippen molar-refractivity contribution < 1.29 is 9.59 Å². The molecule has 1 saturated heterocycles. The van der Waals surface area contributed by atoms with Crippen molar-refractivity contribution in [1.29, 1.82) is 0 Å². The molecule has 1 aliphatic carbocycles. The maximum Gasteiger partial charge on any atom is 0.251 e. The lowest BCUT2D eigenvalue weighted by molar-refractivity contribution is -0.118. The van der Waals surface area contributed by atoms with E-state index >= 15 is 0 Å². The molecule has 2 N–H and O–H groups in total. The molecule has 0 radical (unpaired) electrons. The number of aryl methyl sites for hydroxylation is 1. The summed E-state index contributed by atoms with van der Waals surface area (Å²) in [5, 5.41) is 6.08. The Kier molecular flexibility index (Phi) is 4.42. The van der Waals surface area contributed by atoms with Crippen LogP contribution in [0, 0.1) is 6.92 Å². The summed E-state index contributed by atoms with van der Waals surface area (Å²) < 4.78 is 0. The summed E-state index contributed by atoms with van der Waals surface area (Å²) in [6.45, 7) is 3.76. The van der Waals surface area contributed by atoms with E-state index in [4.69, 9.17) is 0 Å². The number of carbonyl (C=O) groups excluding carboxylic acids is 2. The largest absolute Gasteiger partial charge is 0.349 e. The van der Waals surface area contributed by atoms with Gasteiger partial charge >= 0.3 is 0 Å². The molecule has 1 saturated carbocycles. The van der Waals surface area contributed by atoms with E-state index in [1.807, 2.05) is 37.3 Å². The molecule has 2 aliphatic rings. The second-order valence-electron chi connectivity index (χ2n) is 6.90. The van der Waals surface area contributed by atoms with Gasteiger partial charge in [-0.15, -0.1) is 0 Å². The van der Waals surface area contributed by atoms with E-state index < -0.39 is 0 Å². The lowest BCUT2D eigenvalue weighted by atomic mass is 9.99. The van der Waals surface area contributed by atoms with Crippen LogP contribution in [-0.4, -0.2) is 42.5 Å². The number of piperazine rings is 1. The molecule has 0 unspecified atom stereocenters. The number of hydrogen-bond donors (Lipinski definition) is 2. The van der Waals surface area contributed by atoms with Gasteiger partial charge in [0.05, 0.1) is 6.54 Å². The molecule has 134 valence electrons. The van der Waals surface area contributed by atoms with Gasteiger partial charge in [-0.3, -0.25) is 14.5 Å². The molecule has 0 atom stereocenters. The van der Waals surface area contributed by atoms with E-state index in [9.17, 15) is 9.59 Å². The van der Waals surface area contributed by atoms with Gasteiger partial charge in [0, 0.05) is 36.5 Å². The molecule has 6 heteroatoms. The molecule has 1 aromatic heterocycles. The molecule has 2 aromatic rings. The topological polar surface area (TPSA) is 74.3 Å². The van der Waals surface area contributed by atoms with Crippen LogP contribution in [0.5, 0.6) is 0 Å². The van der Waals surface area contributed by atoms with Crippen molar-refractivity contribution in [3.8, 4) is 11.1 Å². The first kappa shape index (κ1) is 16.7. The Morgan fingerprint density at radius 2 is 2.12 bits per heavy atom. The van der Waals surface area contributed by atoms with Gasteiger partial charge in [-0.2, -0.15) is 0 Å². The van der Waals surface area contributed by atoms with Gasteiger partial charge in [0.1, 0.15) is 5.82 Å². The van der Waals surface area contributed by atoms with E-state index in [0.717, 1.165) is 36.1 Å². The fourth-order valence-electron chi connectivity index (χ4n) is 3.12. The highest BCUT2D eigenvalue weighted by Gasteiger charge is 2.24. The zero-order valence-electron chi connectivity index (χ0n) is 14.8. The molecule has 2 heterocycles. The quantitative estimate of drug-likeness (QED) is 0.883. The normalized spacial score (nSPS) is 17.3. The Morgan fingerprint density at radius 1 is 1.27 bits per heavy atom. The van der Waals surface area contributed by atoms with E-state index in [1.165, 1.54) is 0 Å². The number of nitrogens with one attached hydrogen (secondary N) is 2. The minimum Gasteiger partial charge on any atom is -0.349 e. The zero-order valence-corrected chi connectivity index (χ0v) is 14.8. The van der Waals surface area contributed by atoms with Crippen molar-refractivity contribution >= 4 is 17.6 Å². The first-order valence-electron chi connectivity index (χ1n) is 9.01. The molecule has 0 spiro atoms. The highest BCUT2D eigenvalue weighted by Crippen LogP contribution is 2.26. The number of anilines is 1. The van der Waals surface area contributed by atoms with Crippen molar-refractivity contribution in [3.63, 3.8) is 0 Å². The van der Waals surface area contributed by atoms with E-state index in [0.29, 0.717) is 30.5 Å². The summed E-state index contributed by atoms with van der Waals surface area (Å²) >= 11 is 0. The second-order valence-corrected chi connectivity index (χ2v) is 6.90. The number of hydrogen-bond acceptors (Lipinski definition) is 4. The van der Waals surface area contributed by atoms with Gasteiger partial charge in [0.25, 0.3) is 5.91 Å². The number of pyridine rings is 1. The summed E-state index contributed by atoms with van der Waals surface area (Å²) in [4.78, 5) is 30.5. The third-order valence-corrected chi connectivity index (χ3v) is 4.84. The van der Waals surface area contributed by atoms with Gasteiger partial charge < -0.3 is 10.6 Å². The highest BCUT2D eigenvalue weighted by molar-refractivity contribution is 5.96. The molecule has 6 nitrogen and oxygen atoms in total. The summed E-state index contributed by atoms with van der Waals surface area (Å²) in [6.07, 6.45) is 3.91. The standard InChI is InChI=1S/C20H22N4O2/c1-13-2-3-14(20(26)23-16-5-6-16)10-17(13)15-4-7-18(22-11-15)24-9-8-21-12-19(24)25/h2-4,7,10-11,16,21H,5-6,8-9,12H2,1H3,(H,23,26). The van der Waals surface area contributed by atoms with Crippen LogP contribution in [-0.2, 0) is 4.79 Å². The second kappa shape index (κ2) is 6.88. The Morgan fingerprint density at radius 3 is 2.81 bits per heavy atom. The molecule has 2 fully saturated rings. The number of nitrogens with zero attached hydrogens (tertiary/aromatic N) is 2. The predicted molar refractivity (Wildman–Crippen MR) is 100 cm³/mol. The van der Waals surface area contributed by atoms with Gasteiger partial charge in [0.15, 0.2) is 0 Å². The Bertz CT molecular complexity index is 843. The van der Waals surface area contributed by atoms with Crippen LogP contribution < -0.4 is 15.5 Å². The van der Waals surface area contributed by atoms with Gasteiger partial charge in [-0.25, -0.2) is 4.98 Å².